The zero-order valence-electron chi connectivity index (χ0n) is 10.6. The average Bonchev–Trinajstić information content (AvgIpc) is 2.47. The van der Waals surface area contributed by atoms with Crippen LogP contribution in [0.15, 0.2) is 59.6 Å². The number of pyridine rings is 1. The number of aromatic nitrogens is 1. The highest BCUT2D eigenvalue weighted by molar-refractivity contribution is 5.86. The molecule has 3 aromatic rings. The number of phenolic OH excluding ortho intramolecular Hbond substituents is 2. The Kier molecular flexibility index (Phi) is 3.05. The minimum atomic E-state index is 0.143. The van der Waals surface area contributed by atoms with Crippen molar-refractivity contribution in [3.63, 3.8) is 0 Å². The van der Waals surface area contributed by atoms with E-state index < -0.39 is 0 Å². The van der Waals surface area contributed by atoms with E-state index in [0.29, 0.717) is 11.3 Å². The third kappa shape index (κ3) is 2.44. The Morgan fingerprint density at radius 1 is 0.900 bits per heavy atom. The first-order valence-electron chi connectivity index (χ1n) is 6.14. The molecule has 4 heteroatoms. The molecule has 2 aromatic carbocycles. The molecule has 1 aromatic heterocycles. The van der Waals surface area contributed by atoms with Gasteiger partial charge in [-0.1, -0.05) is 12.1 Å². The van der Waals surface area contributed by atoms with Gasteiger partial charge in [-0.05, 0) is 48.0 Å². The Morgan fingerprint density at radius 3 is 2.50 bits per heavy atom. The third-order valence-electron chi connectivity index (χ3n) is 2.92. The fourth-order valence-electron chi connectivity index (χ4n) is 1.89. The van der Waals surface area contributed by atoms with Crippen LogP contribution in [0.1, 0.15) is 5.56 Å². The summed E-state index contributed by atoms with van der Waals surface area (Å²) in [5.74, 6) is 0.882. The zero-order chi connectivity index (χ0) is 13.9. The number of aromatic hydroxyl groups is 2. The van der Waals surface area contributed by atoms with Crippen LogP contribution in [-0.2, 0) is 0 Å². The first-order valence-corrected chi connectivity index (χ1v) is 6.14. The SMILES string of the molecule is Oc1ccc(C=Nc2ccc3cccc(O)c3n2)cc1. The molecule has 0 atom stereocenters. The van der Waals surface area contributed by atoms with Crippen molar-refractivity contribution in [3.8, 4) is 11.5 Å². The van der Waals surface area contributed by atoms with Crippen LogP contribution in [0.3, 0.4) is 0 Å². The Hall–Kier alpha value is -2.88. The van der Waals surface area contributed by atoms with Gasteiger partial charge in [0.1, 0.15) is 17.0 Å². The van der Waals surface area contributed by atoms with E-state index in [4.69, 9.17) is 0 Å². The molecule has 0 saturated carbocycles. The largest absolute Gasteiger partial charge is 0.508 e. The molecule has 1 heterocycles. The van der Waals surface area contributed by atoms with Crippen molar-refractivity contribution >= 4 is 22.9 Å². The highest BCUT2D eigenvalue weighted by Gasteiger charge is 2.01. The fraction of sp³-hybridized carbons (Fsp3) is 0. The molecule has 0 fully saturated rings. The minimum Gasteiger partial charge on any atom is -0.508 e. The van der Waals surface area contributed by atoms with Gasteiger partial charge in [0, 0.05) is 11.6 Å². The van der Waals surface area contributed by atoms with Crippen molar-refractivity contribution in [2.75, 3.05) is 0 Å². The molecule has 0 amide bonds. The maximum atomic E-state index is 9.77. The van der Waals surface area contributed by atoms with Crippen LogP contribution in [0.4, 0.5) is 5.82 Å². The summed E-state index contributed by atoms with van der Waals surface area (Å²) in [4.78, 5) is 8.58. The minimum absolute atomic E-state index is 0.143. The molecule has 98 valence electrons. The number of nitrogens with zero attached hydrogens (tertiary/aromatic N) is 2. The summed E-state index contributed by atoms with van der Waals surface area (Å²) < 4.78 is 0. The lowest BCUT2D eigenvalue weighted by atomic mass is 10.2. The van der Waals surface area contributed by atoms with Crippen LogP contribution in [0.5, 0.6) is 11.5 Å². The number of aliphatic imine (C=N–C) groups is 1. The summed E-state index contributed by atoms with van der Waals surface area (Å²) >= 11 is 0. The van der Waals surface area contributed by atoms with Crippen LogP contribution >= 0.6 is 0 Å². The van der Waals surface area contributed by atoms with Gasteiger partial charge in [0.05, 0.1) is 0 Å². The van der Waals surface area contributed by atoms with Gasteiger partial charge in [0.25, 0.3) is 0 Å². The Labute approximate surface area is 115 Å². The number of benzene rings is 2. The molecule has 0 saturated heterocycles. The lowest BCUT2D eigenvalue weighted by molar-refractivity contribution is 0.475. The molecule has 0 aliphatic heterocycles. The number of fused-ring (bicyclic) bond motifs is 1. The van der Waals surface area contributed by atoms with Gasteiger partial charge >= 0.3 is 0 Å². The van der Waals surface area contributed by atoms with Gasteiger partial charge in [-0.3, -0.25) is 0 Å². The normalized spacial score (nSPS) is 11.2. The van der Waals surface area contributed by atoms with Crippen LogP contribution in [0.25, 0.3) is 10.9 Å². The molecule has 2 N–H and O–H groups in total. The summed E-state index contributed by atoms with van der Waals surface area (Å²) in [7, 11) is 0. The quantitative estimate of drug-likeness (QED) is 0.697. The van der Waals surface area contributed by atoms with E-state index >= 15 is 0 Å². The summed E-state index contributed by atoms with van der Waals surface area (Å²) in [5, 5.41) is 19.8. The number of para-hydroxylation sites is 1. The van der Waals surface area contributed by atoms with Crippen molar-refractivity contribution in [1.29, 1.82) is 0 Å². The molecule has 3 rings (SSSR count). The molecule has 0 spiro atoms. The van der Waals surface area contributed by atoms with E-state index in [1.54, 1.807) is 48.7 Å². The van der Waals surface area contributed by atoms with Gasteiger partial charge < -0.3 is 10.2 Å². The highest BCUT2D eigenvalue weighted by Crippen LogP contribution is 2.24. The maximum Gasteiger partial charge on any atom is 0.152 e. The van der Waals surface area contributed by atoms with Crippen molar-refractivity contribution < 1.29 is 10.2 Å². The first kappa shape index (κ1) is 12.2. The predicted octanol–water partition coefficient (Wildman–Crippen LogP) is 3.40. The maximum absolute atomic E-state index is 9.77. The molecule has 0 bridgehead atoms. The summed E-state index contributed by atoms with van der Waals surface area (Å²) in [6.45, 7) is 0. The fourth-order valence-corrected chi connectivity index (χ4v) is 1.89. The van der Waals surface area contributed by atoms with E-state index in [1.807, 2.05) is 12.1 Å². The second kappa shape index (κ2) is 5.01. The van der Waals surface area contributed by atoms with Crippen molar-refractivity contribution in [3.05, 3.63) is 60.2 Å². The smallest absolute Gasteiger partial charge is 0.152 e. The molecule has 0 radical (unpaired) electrons. The van der Waals surface area contributed by atoms with E-state index in [9.17, 15) is 10.2 Å². The van der Waals surface area contributed by atoms with E-state index in [0.717, 1.165) is 10.9 Å². The van der Waals surface area contributed by atoms with Gasteiger partial charge in [-0.25, -0.2) is 9.98 Å². The standard InChI is InChI=1S/C16H12N2O2/c19-13-7-4-11(5-8-13)10-17-15-9-6-12-2-1-3-14(20)16(12)18-15/h1-10,19-20H. The Bertz CT molecular complexity index is 780. The topological polar surface area (TPSA) is 65.7 Å². The summed E-state index contributed by atoms with van der Waals surface area (Å²) in [5.41, 5.74) is 1.40. The molecular formula is C16H12N2O2. The number of hydrogen-bond acceptors (Lipinski definition) is 4. The first-order chi connectivity index (χ1) is 9.72. The van der Waals surface area contributed by atoms with Crippen LogP contribution in [0, 0.1) is 0 Å². The number of phenols is 2. The molecule has 0 aliphatic carbocycles. The number of rotatable bonds is 2. The van der Waals surface area contributed by atoms with Crippen LogP contribution in [0.2, 0.25) is 0 Å². The Balaban J connectivity index is 1.94. The molecule has 20 heavy (non-hydrogen) atoms. The Morgan fingerprint density at radius 2 is 1.70 bits per heavy atom. The second-order valence-corrected chi connectivity index (χ2v) is 4.37. The van der Waals surface area contributed by atoms with Gasteiger partial charge in [0.2, 0.25) is 0 Å². The molecule has 0 aliphatic rings. The predicted molar refractivity (Wildman–Crippen MR) is 78.8 cm³/mol. The van der Waals surface area contributed by atoms with E-state index in [-0.39, 0.29) is 11.5 Å². The van der Waals surface area contributed by atoms with Gasteiger partial charge in [0.15, 0.2) is 5.82 Å². The van der Waals surface area contributed by atoms with Gasteiger partial charge in [-0.2, -0.15) is 0 Å². The van der Waals surface area contributed by atoms with E-state index in [2.05, 4.69) is 9.98 Å². The summed E-state index contributed by atoms with van der Waals surface area (Å²) in [6, 6.07) is 15.6. The molecule has 4 nitrogen and oxygen atoms in total. The monoisotopic (exact) mass is 264 g/mol. The number of hydrogen-bond donors (Lipinski definition) is 2. The highest BCUT2D eigenvalue weighted by atomic mass is 16.3. The average molecular weight is 264 g/mol. The second-order valence-electron chi connectivity index (χ2n) is 4.37. The van der Waals surface area contributed by atoms with E-state index in [1.165, 1.54) is 0 Å². The third-order valence-corrected chi connectivity index (χ3v) is 2.92. The summed E-state index contributed by atoms with van der Waals surface area (Å²) in [6.07, 6.45) is 1.66. The van der Waals surface area contributed by atoms with Crippen molar-refractivity contribution in [1.82, 2.24) is 4.98 Å². The lowest BCUT2D eigenvalue weighted by Gasteiger charge is -2.00. The van der Waals surface area contributed by atoms with Gasteiger partial charge in [-0.15, -0.1) is 0 Å². The van der Waals surface area contributed by atoms with Crippen LogP contribution < -0.4 is 0 Å². The van der Waals surface area contributed by atoms with Crippen molar-refractivity contribution in [2.24, 2.45) is 4.99 Å². The molecular weight excluding hydrogens is 252 g/mol. The zero-order valence-corrected chi connectivity index (χ0v) is 10.6. The van der Waals surface area contributed by atoms with Crippen molar-refractivity contribution in [2.45, 2.75) is 0 Å². The van der Waals surface area contributed by atoms with Crippen LogP contribution in [-0.4, -0.2) is 21.4 Å². The molecule has 0 unspecified atom stereocenters. The lowest BCUT2D eigenvalue weighted by Crippen LogP contribution is -1.82.